The molecule has 4 atom stereocenters. The van der Waals surface area contributed by atoms with Crippen LogP contribution in [0.25, 0.3) is 0 Å². The van der Waals surface area contributed by atoms with Gasteiger partial charge in [0.05, 0.1) is 18.8 Å². The average Bonchev–Trinajstić information content (AvgIpc) is 3.38. The van der Waals surface area contributed by atoms with E-state index in [1.54, 1.807) is 30.3 Å². The number of primary amides is 2. The molecule has 1 aromatic heterocycles. The second-order valence-corrected chi connectivity index (χ2v) is 8.77. The topological polar surface area (TPSA) is 265 Å². The summed E-state index contributed by atoms with van der Waals surface area (Å²) in [5.74, 6) is -5.44. The van der Waals surface area contributed by atoms with Gasteiger partial charge in [0.2, 0.25) is 29.5 Å². The Morgan fingerprint density at radius 3 is 2.03 bits per heavy atom. The lowest BCUT2D eigenvalue weighted by molar-refractivity contribution is -0.142. The zero-order chi connectivity index (χ0) is 28.9. The maximum Gasteiger partial charge on any atom is 0.326 e. The molecule has 5 amide bonds. The van der Waals surface area contributed by atoms with Crippen LogP contribution in [0.15, 0.2) is 42.9 Å². The molecule has 0 saturated carbocycles. The highest BCUT2D eigenvalue weighted by Gasteiger charge is 2.31. The molecule has 0 fully saturated rings. The van der Waals surface area contributed by atoms with Crippen LogP contribution in [0.2, 0.25) is 0 Å². The number of carboxylic acid groups (broad SMARTS) is 1. The predicted molar refractivity (Wildman–Crippen MR) is 136 cm³/mol. The second kappa shape index (κ2) is 14.8. The lowest BCUT2D eigenvalue weighted by atomic mass is 10.0. The summed E-state index contributed by atoms with van der Waals surface area (Å²) in [5.41, 5.74) is 17.1. The molecule has 0 saturated heterocycles. The molecule has 2 rings (SSSR count). The Bertz CT molecular complexity index is 1160. The molecule has 0 aliphatic rings. The largest absolute Gasteiger partial charge is 0.480 e. The van der Waals surface area contributed by atoms with E-state index in [1.165, 1.54) is 12.5 Å². The minimum Gasteiger partial charge on any atom is -0.480 e. The third kappa shape index (κ3) is 10.6. The van der Waals surface area contributed by atoms with Crippen LogP contribution in [0.5, 0.6) is 0 Å². The lowest BCUT2D eigenvalue weighted by Gasteiger charge is -2.25. The predicted octanol–water partition coefficient (Wildman–Crippen LogP) is -2.80. The van der Waals surface area contributed by atoms with Gasteiger partial charge in [0, 0.05) is 31.2 Å². The minimum absolute atomic E-state index is 0.0331. The Kier molecular flexibility index (Phi) is 11.6. The number of imidazole rings is 1. The number of aromatic nitrogens is 2. The van der Waals surface area contributed by atoms with Gasteiger partial charge in [-0.3, -0.25) is 24.0 Å². The van der Waals surface area contributed by atoms with Crippen LogP contribution in [0, 0.1) is 0 Å². The van der Waals surface area contributed by atoms with Crippen molar-refractivity contribution in [3.8, 4) is 0 Å². The number of aliphatic carboxylic acids is 1. The second-order valence-electron chi connectivity index (χ2n) is 8.77. The van der Waals surface area contributed by atoms with Gasteiger partial charge in [-0.05, 0) is 12.0 Å². The van der Waals surface area contributed by atoms with Crippen LogP contribution < -0.4 is 33.2 Å². The summed E-state index contributed by atoms with van der Waals surface area (Å²) in [6.07, 6.45) is 1.63. The van der Waals surface area contributed by atoms with Gasteiger partial charge in [-0.25, -0.2) is 9.78 Å². The molecular formula is C24H32N8O7. The summed E-state index contributed by atoms with van der Waals surface area (Å²) in [5, 5.41) is 16.9. The molecule has 11 N–H and O–H groups in total. The van der Waals surface area contributed by atoms with Gasteiger partial charge < -0.3 is 43.2 Å². The number of H-pyrrole nitrogens is 1. The first-order chi connectivity index (χ1) is 18.5. The van der Waals surface area contributed by atoms with Gasteiger partial charge in [0.1, 0.15) is 18.1 Å². The number of carboxylic acids is 1. The fourth-order valence-electron chi connectivity index (χ4n) is 3.56. The molecule has 1 aromatic carbocycles. The van der Waals surface area contributed by atoms with Crippen molar-refractivity contribution in [2.24, 2.45) is 17.2 Å². The molecule has 0 aliphatic carbocycles. The van der Waals surface area contributed by atoms with Gasteiger partial charge in [0.15, 0.2) is 0 Å². The molecule has 2 aromatic rings. The monoisotopic (exact) mass is 544 g/mol. The van der Waals surface area contributed by atoms with E-state index in [0.29, 0.717) is 11.3 Å². The van der Waals surface area contributed by atoms with Crippen molar-refractivity contribution in [2.75, 3.05) is 0 Å². The molecule has 15 nitrogen and oxygen atoms in total. The number of benzene rings is 1. The standard InChI is InChI=1S/C24H32N8O7/c25-15(10-20(27)34)21(35)31-17(9-14-11-28-12-29-14)23(37)30-16(6-7-19(26)33)22(36)32-18(24(38)39)8-13-4-2-1-3-5-13/h1-5,11-12,15-18H,6-10,25H2,(H2,26,33)(H2,27,34)(H,28,29)(H,30,37)(H,31,35)(H,32,36)(H,38,39). The third-order valence-corrected chi connectivity index (χ3v) is 5.58. The number of nitrogens with one attached hydrogen (secondary N) is 4. The molecule has 1 heterocycles. The first-order valence-corrected chi connectivity index (χ1v) is 11.9. The summed E-state index contributed by atoms with van der Waals surface area (Å²) in [6, 6.07) is 3.25. The van der Waals surface area contributed by atoms with Gasteiger partial charge in [-0.15, -0.1) is 0 Å². The number of aromatic amines is 1. The Morgan fingerprint density at radius 2 is 1.46 bits per heavy atom. The zero-order valence-electron chi connectivity index (χ0n) is 21.0. The lowest BCUT2D eigenvalue weighted by Crippen LogP contribution is -2.58. The van der Waals surface area contributed by atoms with Crippen molar-refractivity contribution in [1.82, 2.24) is 25.9 Å². The number of rotatable bonds is 16. The van der Waals surface area contributed by atoms with Gasteiger partial charge in [-0.2, -0.15) is 0 Å². The highest BCUT2D eigenvalue weighted by Crippen LogP contribution is 2.07. The maximum absolute atomic E-state index is 13.2. The Labute approximate surface area is 223 Å². The quantitative estimate of drug-likeness (QED) is 0.108. The first-order valence-electron chi connectivity index (χ1n) is 11.9. The Balaban J connectivity index is 2.21. The highest BCUT2D eigenvalue weighted by atomic mass is 16.4. The minimum atomic E-state index is -1.37. The number of carbonyl (C=O) groups excluding carboxylic acids is 5. The number of hydrogen-bond acceptors (Lipinski definition) is 8. The van der Waals surface area contributed by atoms with Gasteiger partial charge >= 0.3 is 5.97 Å². The van der Waals surface area contributed by atoms with E-state index in [1.807, 2.05) is 0 Å². The van der Waals surface area contributed by atoms with Crippen molar-refractivity contribution in [2.45, 2.75) is 56.3 Å². The van der Waals surface area contributed by atoms with Crippen molar-refractivity contribution < 1.29 is 33.9 Å². The van der Waals surface area contributed by atoms with E-state index in [4.69, 9.17) is 17.2 Å². The van der Waals surface area contributed by atoms with Crippen LogP contribution in [-0.2, 0) is 41.6 Å². The van der Waals surface area contributed by atoms with Crippen LogP contribution in [0.3, 0.4) is 0 Å². The van der Waals surface area contributed by atoms with Crippen molar-refractivity contribution in [3.05, 3.63) is 54.1 Å². The number of nitrogens with two attached hydrogens (primary N) is 3. The summed E-state index contributed by atoms with van der Waals surface area (Å²) < 4.78 is 0. The van der Waals surface area contributed by atoms with Crippen molar-refractivity contribution >= 4 is 35.5 Å². The SMILES string of the molecule is NC(=O)CCC(NC(=O)C(Cc1cnc[nH]1)NC(=O)C(N)CC(N)=O)C(=O)NC(Cc1ccccc1)C(=O)O. The highest BCUT2D eigenvalue weighted by molar-refractivity contribution is 5.95. The summed E-state index contributed by atoms with van der Waals surface area (Å²) in [7, 11) is 0. The van der Waals surface area contributed by atoms with E-state index in [9.17, 15) is 33.9 Å². The van der Waals surface area contributed by atoms with Crippen LogP contribution in [0.1, 0.15) is 30.5 Å². The smallest absolute Gasteiger partial charge is 0.326 e. The Hall–Kier alpha value is -4.79. The zero-order valence-corrected chi connectivity index (χ0v) is 21.0. The molecule has 0 radical (unpaired) electrons. The molecule has 210 valence electrons. The van der Waals surface area contributed by atoms with Crippen molar-refractivity contribution in [1.29, 1.82) is 0 Å². The average molecular weight is 545 g/mol. The fourth-order valence-corrected chi connectivity index (χ4v) is 3.56. The normalized spacial score (nSPS) is 13.8. The summed E-state index contributed by atoms with van der Waals surface area (Å²) >= 11 is 0. The van der Waals surface area contributed by atoms with E-state index in [2.05, 4.69) is 25.9 Å². The molecule has 39 heavy (non-hydrogen) atoms. The maximum atomic E-state index is 13.2. The van der Waals surface area contributed by atoms with E-state index in [-0.39, 0.29) is 25.7 Å². The molecule has 0 spiro atoms. The number of carbonyl (C=O) groups is 6. The van der Waals surface area contributed by atoms with Crippen molar-refractivity contribution in [3.63, 3.8) is 0 Å². The van der Waals surface area contributed by atoms with E-state index in [0.717, 1.165) is 0 Å². The third-order valence-electron chi connectivity index (χ3n) is 5.58. The number of nitrogens with zero attached hydrogens (tertiary/aromatic N) is 1. The van der Waals surface area contributed by atoms with Crippen LogP contribution in [0.4, 0.5) is 0 Å². The molecule has 0 aliphatic heterocycles. The molecule has 0 bridgehead atoms. The number of amides is 5. The van der Waals surface area contributed by atoms with Crippen LogP contribution >= 0.6 is 0 Å². The summed E-state index contributed by atoms with van der Waals surface area (Å²) in [4.78, 5) is 79.8. The Morgan fingerprint density at radius 1 is 0.846 bits per heavy atom. The van der Waals surface area contributed by atoms with Gasteiger partial charge in [0.25, 0.3) is 0 Å². The van der Waals surface area contributed by atoms with Gasteiger partial charge in [-0.1, -0.05) is 30.3 Å². The fraction of sp³-hybridized carbons (Fsp3) is 0.375. The number of hydrogen-bond donors (Lipinski definition) is 8. The molecule has 4 unspecified atom stereocenters. The van der Waals surface area contributed by atoms with E-state index < -0.39 is 66.1 Å². The van der Waals surface area contributed by atoms with Crippen LogP contribution in [-0.4, -0.2) is 74.7 Å². The molecular weight excluding hydrogens is 512 g/mol. The summed E-state index contributed by atoms with van der Waals surface area (Å²) in [6.45, 7) is 0. The first kappa shape index (κ1) is 30.4. The van der Waals surface area contributed by atoms with E-state index >= 15 is 0 Å². The molecule has 15 heteroatoms.